The second-order valence-corrected chi connectivity index (χ2v) is 6.53. The molecule has 0 bridgehead atoms. The van der Waals surface area contributed by atoms with E-state index in [9.17, 15) is 0 Å². The lowest BCUT2D eigenvalue weighted by Gasteiger charge is -2.12. The Balaban J connectivity index is 1.95. The van der Waals surface area contributed by atoms with Crippen molar-refractivity contribution in [3.63, 3.8) is 0 Å². The van der Waals surface area contributed by atoms with Crippen molar-refractivity contribution in [2.45, 2.75) is 26.5 Å². The van der Waals surface area contributed by atoms with Crippen molar-refractivity contribution in [2.24, 2.45) is 7.05 Å². The van der Waals surface area contributed by atoms with Gasteiger partial charge in [0.25, 0.3) is 0 Å². The lowest BCUT2D eigenvalue weighted by Crippen LogP contribution is -2.14. The van der Waals surface area contributed by atoms with Crippen LogP contribution in [-0.2, 0) is 18.3 Å². The second kappa shape index (κ2) is 6.06. The van der Waals surface area contributed by atoms with Gasteiger partial charge < -0.3 is 9.30 Å². The number of rotatable bonds is 5. The SMILES string of the molecule is COC(C)Cn1ccnc1-c1cc(C)c(-c2cnn(C)c2)s1. The van der Waals surface area contributed by atoms with Crippen molar-refractivity contribution in [3.05, 3.63) is 36.4 Å². The molecule has 3 rings (SSSR count). The molecule has 6 heteroatoms. The van der Waals surface area contributed by atoms with Gasteiger partial charge in [0.15, 0.2) is 0 Å². The Morgan fingerprint density at radius 2 is 2.23 bits per heavy atom. The molecule has 0 N–H and O–H groups in total. The fourth-order valence-corrected chi connectivity index (χ4v) is 3.61. The number of thiophene rings is 1. The van der Waals surface area contributed by atoms with Crippen LogP contribution < -0.4 is 0 Å². The van der Waals surface area contributed by atoms with E-state index in [4.69, 9.17) is 4.74 Å². The molecule has 3 heterocycles. The molecular formula is C16H20N4OS. The molecule has 0 amide bonds. The van der Waals surface area contributed by atoms with Gasteiger partial charge in [0, 0.05) is 43.2 Å². The molecule has 3 aromatic heterocycles. The summed E-state index contributed by atoms with van der Waals surface area (Å²) in [5.41, 5.74) is 2.40. The van der Waals surface area contributed by atoms with E-state index in [-0.39, 0.29) is 6.10 Å². The summed E-state index contributed by atoms with van der Waals surface area (Å²) >= 11 is 1.76. The molecule has 0 fully saturated rings. The third-order valence-corrected chi connectivity index (χ3v) is 4.96. The molecule has 0 saturated carbocycles. The second-order valence-electron chi connectivity index (χ2n) is 5.47. The van der Waals surface area contributed by atoms with Crippen molar-refractivity contribution in [2.75, 3.05) is 7.11 Å². The van der Waals surface area contributed by atoms with Crippen molar-refractivity contribution in [1.29, 1.82) is 0 Å². The molecule has 116 valence electrons. The zero-order chi connectivity index (χ0) is 15.7. The van der Waals surface area contributed by atoms with Crippen molar-refractivity contribution in [3.8, 4) is 21.1 Å². The number of ether oxygens (including phenoxy) is 1. The van der Waals surface area contributed by atoms with Gasteiger partial charge in [-0.15, -0.1) is 11.3 Å². The fraction of sp³-hybridized carbons (Fsp3) is 0.375. The van der Waals surface area contributed by atoms with Gasteiger partial charge in [-0.25, -0.2) is 4.98 Å². The van der Waals surface area contributed by atoms with Crippen LogP contribution in [-0.4, -0.2) is 32.5 Å². The van der Waals surface area contributed by atoms with E-state index in [1.54, 1.807) is 18.4 Å². The summed E-state index contributed by atoms with van der Waals surface area (Å²) in [5.74, 6) is 0.993. The first-order valence-electron chi connectivity index (χ1n) is 7.22. The zero-order valence-electron chi connectivity index (χ0n) is 13.3. The molecule has 0 radical (unpaired) electrons. The molecular weight excluding hydrogens is 296 g/mol. The molecule has 5 nitrogen and oxygen atoms in total. The Kier molecular flexibility index (Phi) is 4.13. The number of hydrogen-bond acceptors (Lipinski definition) is 4. The Morgan fingerprint density at radius 1 is 1.41 bits per heavy atom. The Labute approximate surface area is 134 Å². The number of methoxy groups -OCH3 is 1. The van der Waals surface area contributed by atoms with Crippen LogP contribution in [0.2, 0.25) is 0 Å². The van der Waals surface area contributed by atoms with Gasteiger partial charge in [0.1, 0.15) is 5.82 Å². The van der Waals surface area contributed by atoms with Crippen LogP contribution in [0.3, 0.4) is 0 Å². The molecule has 0 aliphatic rings. The molecule has 22 heavy (non-hydrogen) atoms. The third kappa shape index (κ3) is 2.84. The number of imidazole rings is 1. The van der Waals surface area contributed by atoms with Crippen LogP contribution in [0, 0.1) is 6.92 Å². The van der Waals surface area contributed by atoms with Crippen LogP contribution in [0.25, 0.3) is 21.1 Å². The standard InChI is InChI=1S/C16H20N4OS/c1-11-7-14(22-15(11)13-8-18-19(3)10-13)16-17-5-6-20(16)9-12(2)21-4/h5-8,10,12H,9H2,1-4H3. The monoisotopic (exact) mass is 316 g/mol. The first-order chi connectivity index (χ1) is 10.6. The first-order valence-corrected chi connectivity index (χ1v) is 8.04. The molecule has 0 aliphatic heterocycles. The molecule has 1 atom stereocenters. The van der Waals surface area contributed by atoms with Crippen molar-refractivity contribution < 1.29 is 4.74 Å². The summed E-state index contributed by atoms with van der Waals surface area (Å²) in [6.45, 7) is 4.99. The lowest BCUT2D eigenvalue weighted by atomic mass is 10.2. The zero-order valence-corrected chi connectivity index (χ0v) is 14.1. The summed E-state index contributed by atoms with van der Waals surface area (Å²) in [4.78, 5) is 6.94. The quantitative estimate of drug-likeness (QED) is 0.725. The smallest absolute Gasteiger partial charge is 0.150 e. The molecule has 0 aromatic carbocycles. The van der Waals surface area contributed by atoms with Crippen LogP contribution in [0.4, 0.5) is 0 Å². The first kappa shape index (κ1) is 15.0. The van der Waals surface area contributed by atoms with E-state index in [0.717, 1.165) is 17.9 Å². The summed E-state index contributed by atoms with van der Waals surface area (Å²) in [6, 6.07) is 2.20. The molecule has 3 aromatic rings. The van der Waals surface area contributed by atoms with Crippen LogP contribution in [0.5, 0.6) is 0 Å². The van der Waals surface area contributed by atoms with E-state index in [1.165, 1.54) is 15.3 Å². The van der Waals surface area contributed by atoms with Gasteiger partial charge in [-0.1, -0.05) is 0 Å². The lowest BCUT2D eigenvalue weighted by molar-refractivity contribution is 0.103. The summed E-state index contributed by atoms with van der Waals surface area (Å²) < 4.78 is 9.33. The molecule has 0 aliphatic carbocycles. The van der Waals surface area contributed by atoms with Crippen LogP contribution in [0.1, 0.15) is 12.5 Å². The van der Waals surface area contributed by atoms with Crippen LogP contribution >= 0.6 is 11.3 Å². The highest BCUT2D eigenvalue weighted by Crippen LogP contribution is 2.37. The van der Waals surface area contributed by atoms with E-state index in [0.29, 0.717) is 0 Å². The average Bonchev–Trinajstić information content (AvgIpc) is 3.19. The molecule has 0 spiro atoms. The predicted octanol–water partition coefficient (Wildman–Crippen LogP) is 3.36. The summed E-state index contributed by atoms with van der Waals surface area (Å²) in [7, 11) is 3.67. The highest BCUT2D eigenvalue weighted by Gasteiger charge is 2.15. The Hall–Kier alpha value is -1.92. The fourth-order valence-electron chi connectivity index (χ4n) is 2.45. The Morgan fingerprint density at radius 3 is 2.91 bits per heavy atom. The van der Waals surface area contributed by atoms with Gasteiger partial charge in [0.05, 0.1) is 23.7 Å². The topological polar surface area (TPSA) is 44.9 Å². The average molecular weight is 316 g/mol. The van der Waals surface area contributed by atoms with Gasteiger partial charge in [0.2, 0.25) is 0 Å². The predicted molar refractivity (Wildman–Crippen MR) is 89.0 cm³/mol. The number of aromatic nitrogens is 4. The van der Waals surface area contributed by atoms with Gasteiger partial charge in [-0.2, -0.15) is 5.10 Å². The van der Waals surface area contributed by atoms with Gasteiger partial charge in [-0.05, 0) is 25.5 Å². The van der Waals surface area contributed by atoms with E-state index >= 15 is 0 Å². The molecule has 0 saturated heterocycles. The van der Waals surface area contributed by atoms with Crippen LogP contribution in [0.15, 0.2) is 30.9 Å². The maximum atomic E-state index is 5.36. The summed E-state index contributed by atoms with van der Waals surface area (Å²) in [6.07, 6.45) is 7.96. The number of nitrogens with zero attached hydrogens (tertiary/aromatic N) is 4. The summed E-state index contributed by atoms with van der Waals surface area (Å²) in [5, 5.41) is 4.26. The highest BCUT2D eigenvalue weighted by molar-refractivity contribution is 7.19. The van der Waals surface area contributed by atoms with E-state index in [1.807, 2.05) is 36.5 Å². The van der Waals surface area contributed by atoms with Gasteiger partial charge in [-0.3, -0.25) is 4.68 Å². The highest BCUT2D eigenvalue weighted by atomic mass is 32.1. The van der Waals surface area contributed by atoms with Crippen molar-refractivity contribution >= 4 is 11.3 Å². The largest absolute Gasteiger partial charge is 0.380 e. The minimum Gasteiger partial charge on any atom is -0.380 e. The van der Waals surface area contributed by atoms with Crippen molar-refractivity contribution in [1.82, 2.24) is 19.3 Å². The maximum absolute atomic E-state index is 5.36. The normalized spacial score (nSPS) is 12.7. The van der Waals surface area contributed by atoms with E-state index in [2.05, 4.69) is 34.6 Å². The van der Waals surface area contributed by atoms with Gasteiger partial charge >= 0.3 is 0 Å². The molecule has 1 unspecified atom stereocenters. The minimum atomic E-state index is 0.159. The Bertz CT molecular complexity index is 771. The van der Waals surface area contributed by atoms with E-state index < -0.39 is 0 Å². The number of hydrogen-bond donors (Lipinski definition) is 0. The third-order valence-electron chi connectivity index (χ3n) is 3.68. The number of aryl methyl sites for hydroxylation is 2. The maximum Gasteiger partial charge on any atom is 0.150 e. The minimum absolute atomic E-state index is 0.159.